The van der Waals surface area contributed by atoms with Gasteiger partial charge in [0, 0.05) is 28.8 Å². The summed E-state index contributed by atoms with van der Waals surface area (Å²) in [4.78, 5) is 16.6. The van der Waals surface area contributed by atoms with Gasteiger partial charge in [-0.25, -0.2) is 8.42 Å². The molecule has 2 aromatic carbocycles. The van der Waals surface area contributed by atoms with Crippen LogP contribution in [-0.4, -0.2) is 30.7 Å². The second-order valence-corrected chi connectivity index (χ2v) is 8.12. The summed E-state index contributed by atoms with van der Waals surface area (Å²) in [7, 11) is -3.47. The number of pyridine rings is 1. The Labute approximate surface area is 161 Å². The van der Waals surface area contributed by atoms with E-state index in [4.69, 9.17) is 11.6 Å². The lowest BCUT2D eigenvalue weighted by Crippen LogP contribution is -2.23. The predicted molar refractivity (Wildman–Crippen MR) is 104 cm³/mol. The molecule has 3 N–H and O–H groups in total. The highest BCUT2D eigenvalue weighted by atomic mass is 35.5. The van der Waals surface area contributed by atoms with E-state index >= 15 is 0 Å². The van der Waals surface area contributed by atoms with Crippen LogP contribution in [0.2, 0.25) is 5.02 Å². The summed E-state index contributed by atoms with van der Waals surface area (Å²) in [5, 5.41) is 14.0. The third-order valence-electron chi connectivity index (χ3n) is 3.75. The largest absolute Gasteiger partial charge is 0.506 e. The van der Waals surface area contributed by atoms with Crippen molar-refractivity contribution in [1.29, 1.82) is 0 Å². The maximum Gasteiger partial charge on any atom is 0.256 e. The number of anilines is 1. The standard InChI is InChI=1S/C18H16ClN3O4S/c1-27(25,26)22-13-6-7-16-14(8-13)17(23)15(10-20-16)18(24)21-9-11-2-4-12(19)5-3-11/h2-8,10,22H,9H2,1H3,(H,20,23)(H,21,24). The van der Waals surface area contributed by atoms with Crippen LogP contribution < -0.4 is 10.0 Å². The normalized spacial score (nSPS) is 11.3. The molecule has 1 amide bonds. The fourth-order valence-electron chi connectivity index (χ4n) is 2.50. The summed E-state index contributed by atoms with van der Waals surface area (Å²) in [6, 6.07) is 11.5. The SMILES string of the molecule is CS(=O)(=O)Nc1ccc2ncc(C(=O)NCc3ccc(Cl)cc3)c(O)c2c1. The zero-order valence-electron chi connectivity index (χ0n) is 14.2. The molecule has 1 aromatic heterocycles. The summed E-state index contributed by atoms with van der Waals surface area (Å²) in [6.45, 7) is 0.253. The van der Waals surface area contributed by atoms with Gasteiger partial charge in [-0.1, -0.05) is 23.7 Å². The lowest BCUT2D eigenvalue weighted by atomic mass is 10.1. The Bertz CT molecular complexity index is 1120. The number of aromatic hydroxyl groups is 1. The van der Waals surface area contributed by atoms with Crippen molar-refractivity contribution in [1.82, 2.24) is 10.3 Å². The van der Waals surface area contributed by atoms with Crippen LogP contribution in [0.25, 0.3) is 10.9 Å². The number of carbonyl (C=O) groups excluding carboxylic acids is 1. The van der Waals surface area contributed by atoms with Crippen LogP contribution in [0, 0.1) is 0 Å². The molecule has 3 aromatic rings. The topological polar surface area (TPSA) is 108 Å². The molecule has 0 atom stereocenters. The fraction of sp³-hybridized carbons (Fsp3) is 0.111. The molecule has 0 unspecified atom stereocenters. The van der Waals surface area contributed by atoms with Gasteiger partial charge in [0.25, 0.3) is 5.91 Å². The number of amides is 1. The first kappa shape index (κ1) is 18.9. The number of aromatic nitrogens is 1. The summed E-state index contributed by atoms with van der Waals surface area (Å²) in [6.07, 6.45) is 2.30. The van der Waals surface area contributed by atoms with Crippen LogP contribution in [0.5, 0.6) is 5.75 Å². The van der Waals surface area contributed by atoms with Gasteiger partial charge in [0.05, 0.1) is 11.8 Å². The minimum atomic E-state index is -3.47. The van der Waals surface area contributed by atoms with E-state index in [1.165, 1.54) is 18.3 Å². The van der Waals surface area contributed by atoms with Crippen molar-refractivity contribution in [3.05, 3.63) is 64.8 Å². The zero-order valence-corrected chi connectivity index (χ0v) is 15.8. The first-order chi connectivity index (χ1) is 12.7. The maximum absolute atomic E-state index is 12.4. The van der Waals surface area contributed by atoms with Crippen LogP contribution in [-0.2, 0) is 16.6 Å². The molecule has 0 saturated carbocycles. The molecule has 9 heteroatoms. The van der Waals surface area contributed by atoms with Gasteiger partial charge in [-0.2, -0.15) is 0 Å². The number of benzene rings is 2. The number of rotatable bonds is 5. The monoisotopic (exact) mass is 405 g/mol. The van der Waals surface area contributed by atoms with Crippen molar-refractivity contribution < 1.29 is 18.3 Å². The summed E-state index contributed by atoms with van der Waals surface area (Å²) < 4.78 is 25.1. The highest BCUT2D eigenvalue weighted by Crippen LogP contribution is 2.29. The minimum Gasteiger partial charge on any atom is -0.506 e. The molecule has 3 rings (SSSR count). The number of fused-ring (bicyclic) bond motifs is 1. The Balaban J connectivity index is 1.86. The Hall–Kier alpha value is -2.84. The highest BCUT2D eigenvalue weighted by molar-refractivity contribution is 7.92. The van der Waals surface area contributed by atoms with Gasteiger partial charge in [0.15, 0.2) is 0 Å². The van der Waals surface area contributed by atoms with Crippen molar-refractivity contribution in [2.24, 2.45) is 0 Å². The quantitative estimate of drug-likeness (QED) is 0.604. The predicted octanol–water partition coefficient (Wildman–Crippen LogP) is 2.90. The Morgan fingerprint density at radius 3 is 2.56 bits per heavy atom. The van der Waals surface area contributed by atoms with Gasteiger partial charge in [-0.05, 0) is 35.9 Å². The lowest BCUT2D eigenvalue weighted by Gasteiger charge is -2.10. The second kappa shape index (κ2) is 7.42. The number of halogens is 1. The van der Waals surface area contributed by atoms with E-state index in [0.29, 0.717) is 10.5 Å². The van der Waals surface area contributed by atoms with Gasteiger partial charge in [-0.3, -0.25) is 14.5 Å². The van der Waals surface area contributed by atoms with Gasteiger partial charge < -0.3 is 10.4 Å². The molecule has 7 nitrogen and oxygen atoms in total. The van der Waals surface area contributed by atoms with Crippen molar-refractivity contribution in [3.8, 4) is 5.75 Å². The van der Waals surface area contributed by atoms with Crippen LogP contribution in [0.4, 0.5) is 5.69 Å². The van der Waals surface area contributed by atoms with E-state index < -0.39 is 15.9 Å². The molecular formula is C18H16ClN3O4S. The second-order valence-electron chi connectivity index (χ2n) is 5.94. The van der Waals surface area contributed by atoms with E-state index in [0.717, 1.165) is 11.8 Å². The first-order valence-corrected chi connectivity index (χ1v) is 10.1. The van der Waals surface area contributed by atoms with Gasteiger partial charge in [0.2, 0.25) is 10.0 Å². The van der Waals surface area contributed by atoms with Crippen LogP contribution in [0.15, 0.2) is 48.7 Å². The molecule has 0 saturated heterocycles. The van der Waals surface area contributed by atoms with Crippen molar-refractivity contribution in [3.63, 3.8) is 0 Å². The number of hydrogen-bond acceptors (Lipinski definition) is 5. The Morgan fingerprint density at radius 1 is 1.19 bits per heavy atom. The molecule has 1 heterocycles. The van der Waals surface area contributed by atoms with E-state index in [9.17, 15) is 18.3 Å². The van der Waals surface area contributed by atoms with Gasteiger partial charge >= 0.3 is 0 Å². The highest BCUT2D eigenvalue weighted by Gasteiger charge is 2.15. The van der Waals surface area contributed by atoms with E-state index in [1.54, 1.807) is 30.3 Å². The third-order valence-corrected chi connectivity index (χ3v) is 4.61. The molecule has 0 bridgehead atoms. The van der Waals surface area contributed by atoms with E-state index in [2.05, 4.69) is 15.0 Å². The van der Waals surface area contributed by atoms with Gasteiger partial charge in [0.1, 0.15) is 11.3 Å². The average molecular weight is 406 g/mol. The van der Waals surface area contributed by atoms with E-state index in [1.807, 2.05) is 0 Å². The number of carbonyl (C=O) groups is 1. The zero-order chi connectivity index (χ0) is 19.6. The maximum atomic E-state index is 12.4. The summed E-state index contributed by atoms with van der Waals surface area (Å²) >= 11 is 5.83. The van der Waals surface area contributed by atoms with Gasteiger partial charge in [-0.15, -0.1) is 0 Å². The molecule has 0 aliphatic heterocycles. The molecular weight excluding hydrogens is 390 g/mol. The molecule has 27 heavy (non-hydrogen) atoms. The van der Waals surface area contributed by atoms with Crippen LogP contribution in [0.1, 0.15) is 15.9 Å². The van der Waals surface area contributed by atoms with E-state index in [-0.39, 0.29) is 28.9 Å². The summed E-state index contributed by atoms with van der Waals surface area (Å²) in [5.74, 6) is -0.774. The molecule has 0 aliphatic carbocycles. The van der Waals surface area contributed by atoms with Crippen molar-refractivity contribution in [2.75, 3.05) is 11.0 Å². The lowest BCUT2D eigenvalue weighted by molar-refractivity contribution is 0.0948. The van der Waals surface area contributed by atoms with Crippen LogP contribution in [0.3, 0.4) is 0 Å². The smallest absolute Gasteiger partial charge is 0.256 e. The average Bonchev–Trinajstić information content (AvgIpc) is 2.60. The minimum absolute atomic E-state index is 0.00651. The number of nitrogens with zero attached hydrogens (tertiary/aromatic N) is 1. The number of sulfonamides is 1. The van der Waals surface area contributed by atoms with Crippen LogP contribution >= 0.6 is 11.6 Å². The molecule has 0 radical (unpaired) electrons. The van der Waals surface area contributed by atoms with Crippen molar-refractivity contribution >= 4 is 44.1 Å². The molecule has 140 valence electrons. The fourth-order valence-corrected chi connectivity index (χ4v) is 3.18. The molecule has 0 spiro atoms. The third kappa shape index (κ3) is 4.66. The first-order valence-electron chi connectivity index (χ1n) is 7.85. The van der Waals surface area contributed by atoms with Crippen molar-refractivity contribution in [2.45, 2.75) is 6.54 Å². The summed E-state index contributed by atoms with van der Waals surface area (Å²) in [5.41, 5.74) is 1.54. The Morgan fingerprint density at radius 2 is 1.89 bits per heavy atom. The Kier molecular flexibility index (Phi) is 5.20. The number of nitrogens with one attached hydrogen (secondary N) is 2. The molecule has 0 aliphatic rings. The molecule has 0 fully saturated rings. The number of hydrogen-bond donors (Lipinski definition) is 3.